The fourth-order valence-electron chi connectivity index (χ4n) is 2.28. The molecule has 0 atom stereocenters. The van der Waals surface area contributed by atoms with Crippen molar-refractivity contribution in [3.8, 4) is 5.75 Å². The fraction of sp³-hybridized carbons (Fsp3) is 0.150. The van der Waals surface area contributed by atoms with Gasteiger partial charge in [0, 0.05) is 9.26 Å². The maximum Gasteiger partial charge on any atom is 0.291 e. The van der Waals surface area contributed by atoms with Crippen LogP contribution in [0.25, 0.3) is 0 Å². The second-order valence-electron chi connectivity index (χ2n) is 5.51. The van der Waals surface area contributed by atoms with Crippen molar-refractivity contribution >= 4 is 34.2 Å². The van der Waals surface area contributed by atoms with Gasteiger partial charge in [0.2, 0.25) is 0 Å². The van der Waals surface area contributed by atoms with Crippen LogP contribution in [0.4, 0.5) is 5.69 Å². The maximum atomic E-state index is 12.2. The van der Waals surface area contributed by atoms with E-state index in [9.17, 15) is 4.79 Å². The number of carbonyl (C=O) groups is 1. The highest BCUT2D eigenvalue weighted by Gasteiger charge is 2.12. The van der Waals surface area contributed by atoms with Crippen LogP contribution in [0.3, 0.4) is 0 Å². The summed E-state index contributed by atoms with van der Waals surface area (Å²) in [6, 6.07) is 18.9. The van der Waals surface area contributed by atoms with Gasteiger partial charge in [-0.05, 0) is 83.1 Å². The Hall–Kier alpha value is -2.28. The molecule has 0 saturated carbocycles. The number of carbonyl (C=O) groups excluding carboxylic acids is 1. The van der Waals surface area contributed by atoms with Crippen LogP contribution in [0.2, 0.25) is 0 Å². The van der Waals surface area contributed by atoms with Gasteiger partial charge in [0.05, 0.1) is 0 Å². The summed E-state index contributed by atoms with van der Waals surface area (Å²) in [4.78, 5) is 12.2. The average Bonchev–Trinajstić information content (AvgIpc) is 3.11. The summed E-state index contributed by atoms with van der Waals surface area (Å²) in [7, 11) is 0. The second kappa shape index (κ2) is 8.20. The Kier molecular flexibility index (Phi) is 5.75. The van der Waals surface area contributed by atoms with E-state index < -0.39 is 0 Å². The Morgan fingerprint density at radius 1 is 1.04 bits per heavy atom. The summed E-state index contributed by atoms with van der Waals surface area (Å²) < 4.78 is 12.4. The van der Waals surface area contributed by atoms with E-state index in [1.807, 2.05) is 48.5 Å². The first-order chi connectivity index (χ1) is 12.1. The van der Waals surface area contributed by atoms with E-state index in [2.05, 4.69) is 34.8 Å². The Morgan fingerprint density at radius 3 is 2.44 bits per heavy atom. The number of anilines is 1. The minimum absolute atomic E-state index is 0.265. The van der Waals surface area contributed by atoms with Crippen LogP contribution in [0.15, 0.2) is 65.1 Å². The monoisotopic (exact) mass is 447 g/mol. The Balaban J connectivity index is 1.58. The third-order valence-corrected chi connectivity index (χ3v) is 4.42. The molecule has 1 heterocycles. The minimum atomic E-state index is -0.273. The molecule has 0 aliphatic carbocycles. The van der Waals surface area contributed by atoms with Gasteiger partial charge in [-0.2, -0.15) is 0 Å². The number of hydrogen-bond donors (Lipinski definition) is 1. The Labute approximate surface area is 160 Å². The molecule has 25 heavy (non-hydrogen) atoms. The standard InChI is InChI=1S/C20H18INO3/c1-2-14-3-7-16(8-4-14)22-20(23)19-12-11-18(25-19)13-24-17-9-5-15(21)6-10-17/h3-12H,2,13H2,1H3,(H,22,23). The van der Waals surface area contributed by atoms with Crippen molar-refractivity contribution < 1.29 is 13.9 Å². The molecule has 0 saturated heterocycles. The number of benzene rings is 2. The van der Waals surface area contributed by atoms with Crippen molar-refractivity contribution in [2.24, 2.45) is 0 Å². The van der Waals surface area contributed by atoms with E-state index in [1.54, 1.807) is 12.1 Å². The van der Waals surface area contributed by atoms with Gasteiger partial charge in [-0.25, -0.2) is 0 Å². The van der Waals surface area contributed by atoms with Crippen LogP contribution in [0, 0.1) is 3.57 Å². The van der Waals surface area contributed by atoms with Crippen LogP contribution < -0.4 is 10.1 Å². The quantitative estimate of drug-likeness (QED) is 0.524. The van der Waals surface area contributed by atoms with Crippen LogP contribution in [0.1, 0.15) is 28.8 Å². The number of furan rings is 1. The zero-order valence-electron chi connectivity index (χ0n) is 13.8. The molecule has 3 rings (SSSR count). The number of ether oxygens (including phenoxy) is 1. The van der Waals surface area contributed by atoms with Crippen LogP contribution in [-0.4, -0.2) is 5.91 Å². The van der Waals surface area contributed by atoms with E-state index in [-0.39, 0.29) is 18.3 Å². The van der Waals surface area contributed by atoms with Gasteiger partial charge in [-0.15, -0.1) is 0 Å². The molecule has 5 heteroatoms. The molecule has 0 bridgehead atoms. The average molecular weight is 447 g/mol. The van der Waals surface area contributed by atoms with Gasteiger partial charge in [-0.3, -0.25) is 4.79 Å². The smallest absolute Gasteiger partial charge is 0.291 e. The van der Waals surface area contributed by atoms with Crippen molar-refractivity contribution in [1.29, 1.82) is 0 Å². The molecule has 0 spiro atoms. The Morgan fingerprint density at radius 2 is 1.76 bits per heavy atom. The Bertz CT molecular complexity index is 838. The zero-order valence-corrected chi connectivity index (χ0v) is 15.9. The predicted molar refractivity (Wildman–Crippen MR) is 106 cm³/mol. The van der Waals surface area contributed by atoms with E-state index in [4.69, 9.17) is 9.15 Å². The lowest BCUT2D eigenvalue weighted by atomic mass is 10.1. The minimum Gasteiger partial charge on any atom is -0.486 e. The van der Waals surface area contributed by atoms with Crippen molar-refractivity contribution in [3.63, 3.8) is 0 Å². The number of hydrogen-bond acceptors (Lipinski definition) is 3. The maximum absolute atomic E-state index is 12.2. The summed E-state index contributed by atoms with van der Waals surface area (Å²) in [5, 5.41) is 2.83. The molecule has 0 aliphatic rings. The van der Waals surface area contributed by atoms with Gasteiger partial charge in [0.1, 0.15) is 18.1 Å². The van der Waals surface area contributed by atoms with Crippen molar-refractivity contribution in [1.82, 2.24) is 0 Å². The van der Waals surface area contributed by atoms with E-state index >= 15 is 0 Å². The number of amides is 1. The number of halogens is 1. The van der Waals surface area contributed by atoms with Crippen LogP contribution >= 0.6 is 22.6 Å². The number of aryl methyl sites for hydroxylation is 1. The van der Waals surface area contributed by atoms with E-state index in [0.717, 1.165) is 21.4 Å². The lowest BCUT2D eigenvalue weighted by Crippen LogP contribution is -2.10. The summed E-state index contributed by atoms with van der Waals surface area (Å²) in [6.07, 6.45) is 0.969. The summed E-state index contributed by atoms with van der Waals surface area (Å²) >= 11 is 2.24. The first-order valence-corrected chi connectivity index (χ1v) is 9.09. The van der Waals surface area contributed by atoms with E-state index in [0.29, 0.717) is 5.76 Å². The lowest BCUT2D eigenvalue weighted by Gasteiger charge is -2.05. The van der Waals surface area contributed by atoms with Crippen LogP contribution in [0.5, 0.6) is 5.75 Å². The first kappa shape index (κ1) is 17.5. The topological polar surface area (TPSA) is 51.5 Å². The first-order valence-electron chi connectivity index (χ1n) is 8.01. The van der Waals surface area contributed by atoms with Gasteiger partial charge in [0.15, 0.2) is 5.76 Å². The van der Waals surface area contributed by atoms with Crippen molar-refractivity contribution in [3.05, 3.63) is 81.3 Å². The second-order valence-corrected chi connectivity index (χ2v) is 6.76. The summed E-state index contributed by atoms with van der Waals surface area (Å²) in [5.41, 5.74) is 1.97. The molecule has 0 unspecified atom stereocenters. The molecule has 0 radical (unpaired) electrons. The molecular formula is C20H18INO3. The molecule has 2 aromatic carbocycles. The lowest BCUT2D eigenvalue weighted by molar-refractivity contribution is 0.0992. The van der Waals surface area contributed by atoms with Gasteiger partial charge >= 0.3 is 0 Å². The third kappa shape index (κ3) is 4.85. The molecule has 128 valence electrons. The normalized spacial score (nSPS) is 10.5. The third-order valence-electron chi connectivity index (χ3n) is 3.70. The molecule has 1 aromatic heterocycles. The fourth-order valence-corrected chi connectivity index (χ4v) is 2.64. The molecule has 0 aliphatic heterocycles. The highest BCUT2D eigenvalue weighted by atomic mass is 127. The van der Waals surface area contributed by atoms with Crippen LogP contribution in [-0.2, 0) is 13.0 Å². The highest BCUT2D eigenvalue weighted by Crippen LogP contribution is 2.17. The molecule has 3 aromatic rings. The molecule has 1 amide bonds. The zero-order chi connectivity index (χ0) is 17.6. The SMILES string of the molecule is CCc1ccc(NC(=O)c2ccc(COc3ccc(I)cc3)o2)cc1. The molecular weight excluding hydrogens is 429 g/mol. The summed E-state index contributed by atoms with van der Waals surface area (Å²) in [6.45, 7) is 2.37. The van der Waals surface area contributed by atoms with E-state index in [1.165, 1.54) is 5.56 Å². The van der Waals surface area contributed by atoms with Crippen molar-refractivity contribution in [2.75, 3.05) is 5.32 Å². The molecule has 1 N–H and O–H groups in total. The highest BCUT2D eigenvalue weighted by molar-refractivity contribution is 14.1. The van der Waals surface area contributed by atoms with Gasteiger partial charge in [-0.1, -0.05) is 19.1 Å². The number of nitrogens with one attached hydrogen (secondary N) is 1. The summed E-state index contributed by atoms with van der Waals surface area (Å²) in [5.74, 6) is 1.36. The largest absolute Gasteiger partial charge is 0.486 e. The predicted octanol–water partition coefficient (Wildman–Crippen LogP) is 5.28. The van der Waals surface area contributed by atoms with Gasteiger partial charge < -0.3 is 14.5 Å². The number of rotatable bonds is 6. The van der Waals surface area contributed by atoms with Gasteiger partial charge in [0.25, 0.3) is 5.91 Å². The van der Waals surface area contributed by atoms with Crippen molar-refractivity contribution in [2.45, 2.75) is 20.0 Å². The molecule has 0 fully saturated rings. The molecule has 4 nitrogen and oxygen atoms in total.